The lowest BCUT2D eigenvalue weighted by molar-refractivity contribution is -0.137. The van der Waals surface area contributed by atoms with Gasteiger partial charge in [0.05, 0.1) is 28.7 Å². The molecule has 4 rings (SSSR count). The zero-order valence-electron chi connectivity index (χ0n) is 21.3. The zero-order chi connectivity index (χ0) is 27.1. The van der Waals surface area contributed by atoms with Gasteiger partial charge >= 0.3 is 6.18 Å². The molecule has 0 unspecified atom stereocenters. The van der Waals surface area contributed by atoms with Gasteiger partial charge in [0.1, 0.15) is 17.4 Å². The number of nitrogens with one attached hydrogen (secondary N) is 2. The van der Waals surface area contributed by atoms with Gasteiger partial charge in [0.2, 0.25) is 0 Å². The number of halogens is 3. The molecule has 38 heavy (non-hydrogen) atoms. The van der Waals surface area contributed by atoms with Gasteiger partial charge in [-0.1, -0.05) is 12.1 Å². The smallest absolute Gasteiger partial charge is 0.368 e. The molecular formula is C27H29F3N8. The number of unbranched alkanes of at least 4 members (excludes halogenated alkanes) is 1. The number of aryl methyl sites for hydroxylation is 1. The molecule has 3 heterocycles. The van der Waals surface area contributed by atoms with Crippen LogP contribution >= 0.6 is 0 Å². The molecule has 0 saturated carbocycles. The van der Waals surface area contributed by atoms with Crippen molar-refractivity contribution in [2.45, 2.75) is 25.4 Å². The van der Waals surface area contributed by atoms with E-state index in [1.54, 1.807) is 22.8 Å². The average Bonchev–Trinajstić information content (AvgIpc) is 3.32. The molecule has 0 aliphatic carbocycles. The Labute approximate surface area is 219 Å². The van der Waals surface area contributed by atoms with Crippen LogP contribution in [0.25, 0.3) is 16.8 Å². The van der Waals surface area contributed by atoms with E-state index in [4.69, 9.17) is 15.3 Å². The first kappa shape index (κ1) is 26.9. The Kier molecular flexibility index (Phi) is 8.43. The van der Waals surface area contributed by atoms with Crippen LogP contribution in [0.2, 0.25) is 0 Å². The van der Waals surface area contributed by atoms with Gasteiger partial charge in [0.25, 0.3) is 0 Å². The van der Waals surface area contributed by atoms with Gasteiger partial charge in [-0.2, -0.15) is 23.5 Å². The fraction of sp³-hybridized carbons (Fsp3) is 0.333. The molecule has 0 fully saturated rings. The monoisotopic (exact) mass is 522 g/mol. The second-order valence-electron chi connectivity index (χ2n) is 9.17. The van der Waals surface area contributed by atoms with Gasteiger partial charge < -0.3 is 15.5 Å². The number of hydrogen-bond donors (Lipinski definition) is 2. The van der Waals surface area contributed by atoms with Crippen LogP contribution in [0, 0.1) is 11.3 Å². The Bertz CT molecular complexity index is 1390. The van der Waals surface area contributed by atoms with Crippen molar-refractivity contribution in [3.8, 4) is 17.3 Å². The van der Waals surface area contributed by atoms with Crippen molar-refractivity contribution in [3.05, 3.63) is 71.7 Å². The van der Waals surface area contributed by atoms with Crippen LogP contribution in [0.5, 0.6) is 0 Å². The van der Waals surface area contributed by atoms with Crippen molar-refractivity contribution in [3.63, 3.8) is 0 Å². The summed E-state index contributed by atoms with van der Waals surface area (Å²) in [5.74, 6) is 1.23. The summed E-state index contributed by atoms with van der Waals surface area (Å²) in [6.45, 7) is 2.04. The van der Waals surface area contributed by atoms with E-state index in [0.29, 0.717) is 41.5 Å². The molecule has 0 saturated heterocycles. The van der Waals surface area contributed by atoms with Gasteiger partial charge in [-0.15, -0.1) is 0 Å². The number of anilines is 2. The number of benzene rings is 1. The molecule has 0 atom stereocenters. The summed E-state index contributed by atoms with van der Waals surface area (Å²) in [6.07, 6.45) is 1.70. The third-order valence-electron chi connectivity index (χ3n) is 5.92. The summed E-state index contributed by atoms with van der Waals surface area (Å²) >= 11 is 0. The highest BCUT2D eigenvalue weighted by Crippen LogP contribution is 2.31. The standard InChI is InChI=1S/C27H29F3N8/c1-37(2)14-4-3-5-22-15-24-26(33-13-12-32-25-11-6-19(16-31)17-34-25)35-23(18-38(24)36-22)20-7-9-21(10-8-20)27(28,29)30/h6-11,15,17-18H,3-5,12-14H2,1-2H3,(H,32,34)(H,33,35). The van der Waals surface area contributed by atoms with E-state index in [2.05, 4.69) is 20.5 Å². The lowest BCUT2D eigenvalue weighted by Gasteiger charge is -2.12. The van der Waals surface area contributed by atoms with Crippen LogP contribution in [0.3, 0.4) is 0 Å². The summed E-state index contributed by atoms with van der Waals surface area (Å²) in [6, 6.07) is 12.4. The third-order valence-corrected chi connectivity index (χ3v) is 5.92. The van der Waals surface area contributed by atoms with E-state index in [0.717, 1.165) is 49.2 Å². The topological polar surface area (TPSA) is 94.2 Å². The molecule has 0 spiro atoms. The normalized spacial score (nSPS) is 11.6. The minimum atomic E-state index is -4.40. The number of nitriles is 1. The first-order chi connectivity index (χ1) is 18.2. The Morgan fingerprint density at radius 2 is 1.79 bits per heavy atom. The van der Waals surface area contributed by atoms with Gasteiger partial charge in [-0.25, -0.2) is 14.5 Å². The van der Waals surface area contributed by atoms with Gasteiger partial charge in [-0.3, -0.25) is 0 Å². The van der Waals surface area contributed by atoms with E-state index in [1.807, 2.05) is 26.2 Å². The van der Waals surface area contributed by atoms with Crippen LogP contribution in [0.15, 0.2) is 54.9 Å². The number of fused-ring (bicyclic) bond motifs is 1. The predicted molar refractivity (Wildman–Crippen MR) is 141 cm³/mol. The van der Waals surface area contributed by atoms with Crippen molar-refractivity contribution < 1.29 is 13.2 Å². The number of pyridine rings is 1. The second-order valence-corrected chi connectivity index (χ2v) is 9.17. The van der Waals surface area contributed by atoms with Crippen LogP contribution in [0.1, 0.15) is 29.7 Å². The summed E-state index contributed by atoms with van der Waals surface area (Å²) in [4.78, 5) is 11.1. The highest BCUT2D eigenvalue weighted by Gasteiger charge is 2.30. The fourth-order valence-electron chi connectivity index (χ4n) is 3.93. The minimum absolute atomic E-state index is 0.485. The number of hydrogen-bond acceptors (Lipinski definition) is 7. The minimum Gasteiger partial charge on any atom is -0.368 e. The van der Waals surface area contributed by atoms with Gasteiger partial charge in [-0.05, 0) is 70.2 Å². The lowest BCUT2D eigenvalue weighted by Crippen LogP contribution is -2.15. The number of rotatable bonds is 11. The molecule has 0 aliphatic rings. The van der Waals surface area contributed by atoms with Crippen molar-refractivity contribution in [2.24, 2.45) is 0 Å². The third kappa shape index (κ3) is 6.98. The summed E-state index contributed by atoms with van der Waals surface area (Å²) in [7, 11) is 4.09. The second kappa shape index (κ2) is 11.9. The van der Waals surface area contributed by atoms with E-state index < -0.39 is 11.7 Å². The van der Waals surface area contributed by atoms with E-state index in [1.165, 1.54) is 18.3 Å². The maximum absolute atomic E-state index is 13.0. The molecule has 8 nitrogen and oxygen atoms in total. The molecule has 0 aliphatic heterocycles. The Morgan fingerprint density at radius 1 is 1.03 bits per heavy atom. The summed E-state index contributed by atoms with van der Waals surface area (Å²) < 4.78 is 40.8. The van der Waals surface area contributed by atoms with Gasteiger partial charge in [0, 0.05) is 24.8 Å². The Balaban J connectivity index is 1.53. The highest BCUT2D eigenvalue weighted by molar-refractivity contribution is 5.72. The molecule has 1 aromatic carbocycles. The maximum atomic E-state index is 13.0. The lowest BCUT2D eigenvalue weighted by atomic mass is 10.1. The molecule has 11 heteroatoms. The van der Waals surface area contributed by atoms with Crippen LogP contribution in [-0.4, -0.2) is 58.2 Å². The predicted octanol–water partition coefficient (Wildman–Crippen LogP) is 5.09. The molecule has 0 amide bonds. The molecule has 4 aromatic rings. The van der Waals surface area contributed by atoms with Crippen LogP contribution < -0.4 is 10.6 Å². The molecule has 198 valence electrons. The number of aromatic nitrogens is 4. The van der Waals surface area contributed by atoms with E-state index in [-0.39, 0.29) is 0 Å². The summed E-state index contributed by atoms with van der Waals surface area (Å²) in [5.41, 5.74) is 2.57. The average molecular weight is 523 g/mol. The Morgan fingerprint density at radius 3 is 2.45 bits per heavy atom. The number of nitrogens with zero attached hydrogens (tertiary/aromatic N) is 6. The van der Waals surface area contributed by atoms with Crippen molar-refractivity contribution in [1.82, 2.24) is 24.5 Å². The molecule has 0 bridgehead atoms. The first-order valence-electron chi connectivity index (χ1n) is 12.3. The van der Waals surface area contributed by atoms with E-state index in [9.17, 15) is 13.2 Å². The van der Waals surface area contributed by atoms with Crippen molar-refractivity contribution in [1.29, 1.82) is 5.26 Å². The molecule has 2 N–H and O–H groups in total. The Hall–Kier alpha value is -4.17. The SMILES string of the molecule is CN(C)CCCCc1cc2c(NCCNc3ccc(C#N)cn3)nc(-c3ccc(C(F)(F)F)cc3)cn2n1. The molecular weight excluding hydrogens is 493 g/mol. The fourth-order valence-corrected chi connectivity index (χ4v) is 3.93. The first-order valence-corrected chi connectivity index (χ1v) is 12.3. The molecule has 0 radical (unpaired) electrons. The molecule has 3 aromatic heterocycles. The maximum Gasteiger partial charge on any atom is 0.416 e. The number of alkyl halides is 3. The van der Waals surface area contributed by atoms with E-state index >= 15 is 0 Å². The highest BCUT2D eigenvalue weighted by atomic mass is 19.4. The zero-order valence-corrected chi connectivity index (χ0v) is 21.3. The van der Waals surface area contributed by atoms with Crippen LogP contribution in [-0.2, 0) is 12.6 Å². The summed E-state index contributed by atoms with van der Waals surface area (Å²) in [5, 5.41) is 20.1. The van der Waals surface area contributed by atoms with Gasteiger partial charge in [0.15, 0.2) is 5.82 Å². The van der Waals surface area contributed by atoms with Crippen LogP contribution in [0.4, 0.5) is 24.8 Å². The van der Waals surface area contributed by atoms with Crippen molar-refractivity contribution in [2.75, 3.05) is 44.4 Å². The van der Waals surface area contributed by atoms with Crippen molar-refractivity contribution >= 4 is 17.2 Å². The quantitative estimate of drug-likeness (QED) is 0.265. The largest absolute Gasteiger partial charge is 0.416 e.